The lowest BCUT2D eigenvalue weighted by molar-refractivity contribution is 0.143. The molecule has 0 aromatic carbocycles. The molecule has 0 amide bonds. The van der Waals surface area contributed by atoms with Crippen LogP contribution in [0.1, 0.15) is 13.3 Å². The molecule has 1 saturated heterocycles. The van der Waals surface area contributed by atoms with E-state index in [0.717, 1.165) is 32.5 Å². The largest absolute Gasteiger partial charge is 0.415 e. The lowest BCUT2D eigenvalue weighted by atomic mass is 10.5. The fraction of sp³-hybridized carbons (Fsp3) is 1.00. The van der Waals surface area contributed by atoms with Gasteiger partial charge in [-0.15, -0.1) is 0 Å². The van der Waals surface area contributed by atoms with Gasteiger partial charge in [-0.05, 0) is 6.42 Å². The van der Waals surface area contributed by atoms with Gasteiger partial charge in [0, 0.05) is 6.61 Å². The maximum Gasteiger partial charge on any atom is 0.258 e. The second-order valence-corrected chi connectivity index (χ2v) is 3.33. The first-order chi connectivity index (χ1) is 5.43. The van der Waals surface area contributed by atoms with Gasteiger partial charge in [0.25, 0.3) is 9.76 Å². The summed E-state index contributed by atoms with van der Waals surface area (Å²) in [7, 11) is 0.489. The molecule has 1 aliphatic rings. The molecule has 3 nitrogen and oxygen atoms in total. The van der Waals surface area contributed by atoms with E-state index in [2.05, 4.69) is 6.92 Å². The summed E-state index contributed by atoms with van der Waals surface area (Å²) in [6.07, 6.45) is 2.18. The SMILES string of the molecule is CCCO[Si]COCC1CO1. The van der Waals surface area contributed by atoms with Crippen LogP contribution in [-0.2, 0) is 13.9 Å². The molecular weight excluding hydrogens is 160 g/mol. The quantitative estimate of drug-likeness (QED) is 0.318. The Kier molecular flexibility index (Phi) is 4.77. The van der Waals surface area contributed by atoms with Crippen LogP contribution in [0.2, 0.25) is 0 Å². The fourth-order valence-corrected chi connectivity index (χ4v) is 1.25. The van der Waals surface area contributed by atoms with E-state index in [9.17, 15) is 0 Å². The number of hydrogen-bond donors (Lipinski definition) is 0. The standard InChI is InChI=1S/C7H14O3Si/c1-2-3-10-11-6-8-4-7-5-9-7/h7H,2-6H2,1H3. The van der Waals surface area contributed by atoms with Gasteiger partial charge < -0.3 is 13.9 Å². The summed E-state index contributed by atoms with van der Waals surface area (Å²) < 4.78 is 15.5. The molecule has 0 aromatic heterocycles. The molecule has 64 valence electrons. The highest BCUT2D eigenvalue weighted by Crippen LogP contribution is 2.07. The van der Waals surface area contributed by atoms with Crippen molar-refractivity contribution >= 4 is 9.76 Å². The normalized spacial score (nSPS) is 22.1. The zero-order chi connectivity index (χ0) is 7.94. The molecule has 1 rings (SSSR count). The van der Waals surface area contributed by atoms with Crippen molar-refractivity contribution in [3.8, 4) is 0 Å². The first kappa shape index (κ1) is 9.19. The van der Waals surface area contributed by atoms with E-state index in [1.807, 2.05) is 0 Å². The van der Waals surface area contributed by atoms with Crippen LogP contribution in [0.25, 0.3) is 0 Å². The molecule has 0 spiro atoms. The van der Waals surface area contributed by atoms with E-state index >= 15 is 0 Å². The third-order valence-electron chi connectivity index (χ3n) is 1.28. The summed E-state index contributed by atoms with van der Waals surface area (Å²) in [5.41, 5.74) is 0. The molecule has 0 aromatic rings. The molecule has 1 fully saturated rings. The van der Waals surface area contributed by atoms with Crippen LogP contribution in [0.5, 0.6) is 0 Å². The summed E-state index contributed by atoms with van der Waals surface area (Å²) in [4.78, 5) is 0. The van der Waals surface area contributed by atoms with E-state index < -0.39 is 0 Å². The van der Waals surface area contributed by atoms with Crippen molar-refractivity contribution in [1.29, 1.82) is 0 Å². The molecule has 1 unspecified atom stereocenters. The van der Waals surface area contributed by atoms with Crippen LogP contribution in [0.4, 0.5) is 0 Å². The Morgan fingerprint density at radius 2 is 2.45 bits per heavy atom. The van der Waals surface area contributed by atoms with Crippen LogP contribution in [0, 0.1) is 0 Å². The second-order valence-electron chi connectivity index (χ2n) is 2.46. The minimum absolute atomic E-state index is 0.381. The van der Waals surface area contributed by atoms with Gasteiger partial charge in [0.2, 0.25) is 0 Å². The maximum atomic E-state index is 5.27. The molecule has 11 heavy (non-hydrogen) atoms. The van der Waals surface area contributed by atoms with Crippen molar-refractivity contribution in [2.24, 2.45) is 0 Å². The number of epoxide rings is 1. The van der Waals surface area contributed by atoms with Crippen LogP contribution >= 0.6 is 0 Å². The van der Waals surface area contributed by atoms with E-state index in [1.165, 1.54) is 0 Å². The van der Waals surface area contributed by atoms with Gasteiger partial charge in [-0.3, -0.25) is 0 Å². The summed E-state index contributed by atoms with van der Waals surface area (Å²) in [6, 6.07) is 0. The van der Waals surface area contributed by atoms with Gasteiger partial charge in [-0.2, -0.15) is 0 Å². The Morgan fingerprint density at radius 1 is 1.64 bits per heavy atom. The molecular formula is C7H14O3Si. The van der Waals surface area contributed by atoms with Crippen LogP contribution in [0.15, 0.2) is 0 Å². The molecule has 0 N–H and O–H groups in total. The van der Waals surface area contributed by atoms with Crippen molar-refractivity contribution in [2.75, 3.05) is 26.1 Å². The average molecular weight is 174 g/mol. The topological polar surface area (TPSA) is 31.0 Å². The zero-order valence-electron chi connectivity index (χ0n) is 6.84. The minimum Gasteiger partial charge on any atom is -0.415 e. The van der Waals surface area contributed by atoms with Gasteiger partial charge in [-0.1, -0.05) is 6.92 Å². The molecule has 2 radical (unpaired) electrons. The number of hydrogen-bond acceptors (Lipinski definition) is 3. The summed E-state index contributed by atoms with van der Waals surface area (Å²) in [5, 5.41) is 0. The van der Waals surface area contributed by atoms with Crippen LogP contribution in [-0.4, -0.2) is 41.9 Å². The Morgan fingerprint density at radius 3 is 3.09 bits per heavy atom. The lowest BCUT2D eigenvalue weighted by Gasteiger charge is -2.00. The lowest BCUT2D eigenvalue weighted by Crippen LogP contribution is -2.11. The highest BCUT2D eigenvalue weighted by atomic mass is 28.2. The van der Waals surface area contributed by atoms with Gasteiger partial charge in [0.05, 0.1) is 19.4 Å². The van der Waals surface area contributed by atoms with Gasteiger partial charge in [-0.25, -0.2) is 0 Å². The van der Waals surface area contributed by atoms with Crippen molar-refractivity contribution < 1.29 is 13.9 Å². The summed E-state index contributed by atoms with van der Waals surface area (Å²) in [5.74, 6) is 0. The third-order valence-corrected chi connectivity index (χ3v) is 2.01. The van der Waals surface area contributed by atoms with Crippen molar-refractivity contribution in [2.45, 2.75) is 19.4 Å². The average Bonchev–Trinajstić information content (AvgIpc) is 2.80. The van der Waals surface area contributed by atoms with Crippen LogP contribution < -0.4 is 0 Å². The molecule has 0 aliphatic carbocycles. The minimum atomic E-state index is 0.381. The first-order valence-corrected chi connectivity index (χ1v) is 5.09. The van der Waals surface area contributed by atoms with E-state index in [0.29, 0.717) is 15.9 Å². The summed E-state index contributed by atoms with van der Waals surface area (Å²) in [6.45, 7) is 4.56. The van der Waals surface area contributed by atoms with E-state index in [-0.39, 0.29) is 0 Å². The smallest absolute Gasteiger partial charge is 0.258 e. The van der Waals surface area contributed by atoms with Crippen molar-refractivity contribution in [3.05, 3.63) is 0 Å². The van der Waals surface area contributed by atoms with Crippen LogP contribution in [0.3, 0.4) is 0 Å². The van der Waals surface area contributed by atoms with Gasteiger partial charge >= 0.3 is 0 Å². The Hall–Kier alpha value is 0.0969. The zero-order valence-corrected chi connectivity index (χ0v) is 7.84. The predicted molar refractivity (Wildman–Crippen MR) is 42.6 cm³/mol. The first-order valence-electron chi connectivity index (χ1n) is 3.97. The maximum absolute atomic E-state index is 5.27. The fourth-order valence-electron chi connectivity index (χ4n) is 0.612. The van der Waals surface area contributed by atoms with Gasteiger partial charge in [0.1, 0.15) is 6.10 Å². The second kappa shape index (κ2) is 5.71. The van der Waals surface area contributed by atoms with Crippen molar-refractivity contribution in [3.63, 3.8) is 0 Å². The molecule has 4 heteroatoms. The van der Waals surface area contributed by atoms with Gasteiger partial charge in [0.15, 0.2) is 0 Å². The molecule has 1 heterocycles. The molecule has 0 bridgehead atoms. The Labute approximate surface area is 70.0 Å². The number of rotatable bonds is 7. The molecule has 1 atom stereocenters. The summed E-state index contributed by atoms with van der Waals surface area (Å²) >= 11 is 0. The Bertz CT molecular complexity index is 95.7. The Balaban J connectivity index is 1.66. The highest BCUT2D eigenvalue weighted by molar-refractivity contribution is 6.26. The number of ether oxygens (including phenoxy) is 2. The van der Waals surface area contributed by atoms with E-state index in [4.69, 9.17) is 13.9 Å². The monoisotopic (exact) mass is 174 g/mol. The predicted octanol–water partition coefficient (Wildman–Crippen LogP) is 0.405. The highest BCUT2D eigenvalue weighted by Gasteiger charge is 2.21. The van der Waals surface area contributed by atoms with E-state index in [1.54, 1.807) is 0 Å². The van der Waals surface area contributed by atoms with Crippen molar-refractivity contribution in [1.82, 2.24) is 0 Å². The molecule has 0 saturated carbocycles. The molecule has 1 aliphatic heterocycles. The third kappa shape index (κ3) is 5.38.